The molecule has 0 unspecified atom stereocenters. The Labute approximate surface area is 145 Å². The van der Waals surface area contributed by atoms with E-state index in [1.54, 1.807) is 0 Å². The fraction of sp³-hybridized carbons (Fsp3) is 0.150. The molecule has 24 heavy (non-hydrogen) atoms. The minimum absolute atomic E-state index is 0.465. The van der Waals surface area contributed by atoms with Crippen molar-refractivity contribution in [2.24, 2.45) is 0 Å². The SMILES string of the molecule is ClCCOc1cccc2[nH]nc(Cc3cccc4ccccc34)c12. The Hall–Kier alpha value is -2.52. The lowest BCUT2D eigenvalue weighted by atomic mass is 9.99. The standard InChI is InChI=1S/C20H17ClN2O/c21-11-12-24-19-10-4-9-17-20(19)18(23-22-17)13-15-7-3-6-14-5-1-2-8-16(14)15/h1-10H,11-13H2,(H,22,23). The molecule has 4 aromatic rings. The smallest absolute Gasteiger partial charge is 0.130 e. The molecule has 0 saturated carbocycles. The van der Waals surface area contributed by atoms with E-state index < -0.39 is 0 Å². The number of halogens is 1. The summed E-state index contributed by atoms with van der Waals surface area (Å²) < 4.78 is 5.80. The van der Waals surface area contributed by atoms with Gasteiger partial charge in [-0.25, -0.2) is 0 Å². The number of alkyl halides is 1. The van der Waals surface area contributed by atoms with Gasteiger partial charge in [0.05, 0.1) is 22.5 Å². The van der Waals surface area contributed by atoms with Crippen LogP contribution in [-0.2, 0) is 6.42 Å². The maximum atomic E-state index is 5.80. The molecule has 1 N–H and O–H groups in total. The van der Waals surface area contributed by atoms with Crippen LogP contribution in [0.25, 0.3) is 21.7 Å². The van der Waals surface area contributed by atoms with E-state index in [0.717, 1.165) is 28.8 Å². The Morgan fingerprint density at radius 3 is 2.71 bits per heavy atom. The molecule has 0 saturated heterocycles. The van der Waals surface area contributed by atoms with Crippen LogP contribution in [0, 0.1) is 0 Å². The summed E-state index contributed by atoms with van der Waals surface area (Å²) in [6, 6.07) is 20.8. The highest BCUT2D eigenvalue weighted by Crippen LogP contribution is 2.30. The first-order valence-electron chi connectivity index (χ1n) is 7.98. The van der Waals surface area contributed by atoms with Crippen molar-refractivity contribution in [3.05, 3.63) is 71.9 Å². The maximum Gasteiger partial charge on any atom is 0.130 e. The van der Waals surface area contributed by atoms with Gasteiger partial charge >= 0.3 is 0 Å². The third-order valence-electron chi connectivity index (χ3n) is 4.20. The number of aromatic amines is 1. The number of hydrogen-bond acceptors (Lipinski definition) is 2. The molecule has 0 aliphatic heterocycles. The van der Waals surface area contributed by atoms with Crippen LogP contribution in [-0.4, -0.2) is 22.7 Å². The summed E-state index contributed by atoms with van der Waals surface area (Å²) in [4.78, 5) is 0. The monoisotopic (exact) mass is 336 g/mol. The lowest BCUT2D eigenvalue weighted by Gasteiger charge is -2.08. The average molecular weight is 337 g/mol. The number of hydrogen-bond donors (Lipinski definition) is 1. The van der Waals surface area contributed by atoms with Crippen LogP contribution >= 0.6 is 11.6 Å². The van der Waals surface area contributed by atoms with Gasteiger partial charge in [0.25, 0.3) is 0 Å². The Kier molecular flexibility index (Phi) is 4.09. The quantitative estimate of drug-likeness (QED) is 0.525. The van der Waals surface area contributed by atoms with Gasteiger partial charge in [0.15, 0.2) is 0 Å². The second-order valence-electron chi connectivity index (χ2n) is 5.70. The largest absolute Gasteiger partial charge is 0.492 e. The van der Waals surface area contributed by atoms with Crippen molar-refractivity contribution in [1.82, 2.24) is 10.2 Å². The van der Waals surface area contributed by atoms with E-state index in [-0.39, 0.29) is 0 Å². The first-order valence-corrected chi connectivity index (χ1v) is 8.51. The van der Waals surface area contributed by atoms with E-state index in [2.05, 4.69) is 52.7 Å². The molecule has 3 nitrogen and oxygen atoms in total. The number of nitrogens with one attached hydrogen (secondary N) is 1. The zero-order chi connectivity index (χ0) is 16.4. The van der Waals surface area contributed by atoms with Crippen molar-refractivity contribution in [2.75, 3.05) is 12.5 Å². The van der Waals surface area contributed by atoms with Gasteiger partial charge < -0.3 is 4.74 Å². The fourth-order valence-corrected chi connectivity index (χ4v) is 3.21. The van der Waals surface area contributed by atoms with Crippen LogP contribution in [0.4, 0.5) is 0 Å². The number of benzene rings is 3. The highest BCUT2D eigenvalue weighted by molar-refractivity contribution is 6.18. The van der Waals surface area contributed by atoms with E-state index in [4.69, 9.17) is 16.3 Å². The lowest BCUT2D eigenvalue weighted by Crippen LogP contribution is -1.99. The molecule has 0 aliphatic rings. The maximum absolute atomic E-state index is 5.80. The van der Waals surface area contributed by atoms with Gasteiger partial charge in [0, 0.05) is 6.42 Å². The summed E-state index contributed by atoms with van der Waals surface area (Å²) in [6.07, 6.45) is 0.753. The predicted molar refractivity (Wildman–Crippen MR) is 99.1 cm³/mol. The van der Waals surface area contributed by atoms with Crippen molar-refractivity contribution in [3.63, 3.8) is 0 Å². The fourth-order valence-electron chi connectivity index (χ4n) is 3.13. The van der Waals surface area contributed by atoms with Crippen molar-refractivity contribution < 1.29 is 4.74 Å². The summed E-state index contributed by atoms with van der Waals surface area (Å²) in [5.74, 6) is 1.30. The molecule has 120 valence electrons. The average Bonchev–Trinajstić information content (AvgIpc) is 3.04. The Bertz CT molecular complexity index is 988. The minimum atomic E-state index is 0.465. The molecule has 0 bridgehead atoms. The summed E-state index contributed by atoms with van der Waals surface area (Å²) >= 11 is 5.76. The third-order valence-corrected chi connectivity index (χ3v) is 4.35. The number of nitrogens with zero attached hydrogens (tertiary/aromatic N) is 1. The highest BCUT2D eigenvalue weighted by atomic mass is 35.5. The van der Waals surface area contributed by atoms with E-state index >= 15 is 0 Å². The first-order chi connectivity index (χ1) is 11.9. The number of ether oxygens (including phenoxy) is 1. The Balaban J connectivity index is 1.79. The molecule has 0 amide bonds. The zero-order valence-corrected chi connectivity index (χ0v) is 13.9. The van der Waals surface area contributed by atoms with E-state index in [0.29, 0.717) is 12.5 Å². The van der Waals surface area contributed by atoms with Crippen LogP contribution < -0.4 is 4.74 Å². The molecule has 0 radical (unpaired) electrons. The molecule has 4 heteroatoms. The second kappa shape index (κ2) is 6.54. The number of aromatic nitrogens is 2. The molecule has 0 atom stereocenters. The number of fused-ring (bicyclic) bond motifs is 2. The van der Waals surface area contributed by atoms with Gasteiger partial charge in [0.1, 0.15) is 12.4 Å². The van der Waals surface area contributed by atoms with Gasteiger partial charge in [-0.15, -0.1) is 11.6 Å². The molecule has 1 aromatic heterocycles. The lowest BCUT2D eigenvalue weighted by molar-refractivity contribution is 0.347. The van der Waals surface area contributed by atoms with E-state index in [1.807, 2.05) is 18.2 Å². The van der Waals surface area contributed by atoms with E-state index in [1.165, 1.54) is 16.3 Å². The molecule has 0 aliphatic carbocycles. The molecule has 1 heterocycles. The van der Waals surface area contributed by atoms with Gasteiger partial charge in [0.2, 0.25) is 0 Å². The van der Waals surface area contributed by atoms with Crippen molar-refractivity contribution in [2.45, 2.75) is 6.42 Å². The summed E-state index contributed by atoms with van der Waals surface area (Å²) in [5.41, 5.74) is 3.23. The second-order valence-corrected chi connectivity index (χ2v) is 6.08. The number of H-pyrrole nitrogens is 1. The summed E-state index contributed by atoms with van der Waals surface area (Å²) in [6.45, 7) is 0.486. The van der Waals surface area contributed by atoms with Gasteiger partial charge in [-0.3, -0.25) is 5.10 Å². The Morgan fingerprint density at radius 2 is 1.79 bits per heavy atom. The van der Waals surface area contributed by atoms with Crippen molar-refractivity contribution in [1.29, 1.82) is 0 Å². The molecule has 3 aromatic carbocycles. The van der Waals surface area contributed by atoms with Crippen molar-refractivity contribution in [3.8, 4) is 5.75 Å². The van der Waals surface area contributed by atoms with Crippen LogP contribution in [0.2, 0.25) is 0 Å². The van der Waals surface area contributed by atoms with E-state index in [9.17, 15) is 0 Å². The third kappa shape index (κ3) is 2.72. The molecular weight excluding hydrogens is 320 g/mol. The van der Waals surface area contributed by atoms with Gasteiger partial charge in [-0.05, 0) is 28.5 Å². The van der Waals surface area contributed by atoms with Crippen molar-refractivity contribution >= 4 is 33.3 Å². The summed E-state index contributed by atoms with van der Waals surface area (Å²) in [7, 11) is 0. The zero-order valence-electron chi connectivity index (χ0n) is 13.1. The normalized spacial score (nSPS) is 11.2. The highest BCUT2D eigenvalue weighted by Gasteiger charge is 2.13. The van der Waals surface area contributed by atoms with Crippen LogP contribution in [0.3, 0.4) is 0 Å². The molecule has 0 fully saturated rings. The van der Waals surface area contributed by atoms with Crippen LogP contribution in [0.1, 0.15) is 11.3 Å². The first kappa shape index (κ1) is 15.0. The molecular formula is C20H17ClN2O. The van der Waals surface area contributed by atoms with Crippen LogP contribution in [0.15, 0.2) is 60.7 Å². The molecule has 0 spiro atoms. The van der Waals surface area contributed by atoms with Gasteiger partial charge in [-0.1, -0.05) is 48.5 Å². The topological polar surface area (TPSA) is 37.9 Å². The van der Waals surface area contributed by atoms with Crippen LogP contribution in [0.5, 0.6) is 5.75 Å². The van der Waals surface area contributed by atoms with Gasteiger partial charge in [-0.2, -0.15) is 5.10 Å². The Morgan fingerprint density at radius 1 is 0.958 bits per heavy atom. The molecule has 4 rings (SSSR count). The minimum Gasteiger partial charge on any atom is -0.492 e. The number of rotatable bonds is 5. The predicted octanol–water partition coefficient (Wildman–Crippen LogP) is 4.92. The summed E-state index contributed by atoms with van der Waals surface area (Å²) in [5, 5.41) is 11.2.